The van der Waals surface area contributed by atoms with Crippen molar-refractivity contribution in [3.05, 3.63) is 59.9 Å². The lowest BCUT2D eigenvalue weighted by molar-refractivity contribution is 0.282. The lowest BCUT2D eigenvalue weighted by Gasteiger charge is -2.16. The molecule has 0 radical (unpaired) electrons. The van der Waals surface area contributed by atoms with Crippen LogP contribution in [0.1, 0.15) is 0 Å². The molecule has 0 fully saturated rings. The molecule has 0 amide bonds. The van der Waals surface area contributed by atoms with E-state index in [-0.39, 0.29) is 11.8 Å². The summed E-state index contributed by atoms with van der Waals surface area (Å²) in [6.45, 7) is -2.15. The zero-order valence-corrected chi connectivity index (χ0v) is 38.6. The molecule has 1 aromatic heterocycles. The van der Waals surface area contributed by atoms with Crippen LogP contribution in [-0.4, -0.2) is 132 Å². The van der Waals surface area contributed by atoms with E-state index in [4.69, 9.17) is 20.7 Å². The maximum Gasteiger partial charge on any atom is 0.397 e. The van der Waals surface area contributed by atoms with Crippen molar-refractivity contribution in [1.29, 1.82) is 0 Å². The second-order valence-corrected chi connectivity index (χ2v) is 23.7. The zero-order chi connectivity index (χ0) is 50.3. The predicted molar refractivity (Wildman–Crippen MR) is 224 cm³/mol. The van der Waals surface area contributed by atoms with Crippen molar-refractivity contribution >= 4 is 128 Å². The number of nitrogens with one attached hydrogen (secondary N) is 2. The van der Waals surface area contributed by atoms with E-state index in [0.717, 1.165) is 24.3 Å². The molecule has 30 nitrogen and oxygen atoms in total. The van der Waals surface area contributed by atoms with Crippen molar-refractivity contribution in [1.82, 2.24) is 15.0 Å². The summed E-state index contributed by atoms with van der Waals surface area (Å²) < 4.78 is 223. The monoisotopic (exact) mass is 1100 g/mol. The van der Waals surface area contributed by atoms with Crippen molar-refractivity contribution < 1.29 is 100 Å². The maximum atomic E-state index is 13.0. The van der Waals surface area contributed by atoms with E-state index >= 15 is 0 Å². The summed E-state index contributed by atoms with van der Waals surface area (Å²) in [6, 6.07) is 6.55. The Kier molecular flexibility index (Phi) is 14.9. The second kappa shape index (κ2) is 18.9. The summed E-state index contributed by atoms with van der Waals surface area (Å²) in [7, 11) is -35.1. The molecule has 0 bridgehead atoms. The number of aromatic nitrogens is 3. The van der Waals surface area contributed by atoms with Gasteiger partial charge in [0.25, 0.3) is 30.4 Å². The molecule has 0 aliphatic rings. The fraction of sp³-hybridized carbons (Fsp3) is 0.138. The molecule has 1 heterocycles. The van der Waals surface area contributed by atoms with Gasteiger partial charge in [-0.15, -0.1) is 5.11 Å². The van der Waals surface area contributed by atoms with E-state index in [2.05, 4.69) is 44.2 Å². The van der Waals surface area contributed by atoms with E-state index in [1.54, 1.807) is 0 Å². The Bertz CT molecular complexity index is 3670. The topological polar surface area (TPSA) is 486 Å². The Morgan fingerprint density at radius 2 is 1.03 bits per heavy atom. The van der Waals surface area contributed by atoms with Gasteiger partial charge in [-0.2, -0.15) is 62.2 Å². The number of halogens is 1. The highest BCUT2D eigenvalue weighted by Gasteiger charge is 2.28. The number of anilines is 4. The predicted octanol–water partition coefficient (Wildman–Crippen LogP) is 1.92. The van der Waals surface area contributed by atoms with Gasteiger partial charge in [0.05, 0.1) is 56.5 Å². The number of rotatable bonds is 19. The van der Waals surface area contributed by atoms with Gasteiger partial charge in [-0.3, -0.25) is 22.8 Å². The summed E-state index contributed by atoms with van der Waals surface area (Å²) in [4.78, 5) is 6.25. The highest BCUT2D eigenvalue weighted by atomic mass is 35.5. The zero-order valence-electron chi connectivity index (χ0n) is 32.2. The molecule has 38 heteroatoms. The van der Waals surface area contributed by atoms with Crippen molar-refractivity contribution in [2.45, 2.75) is 24.5 Å². The number of hydrogen-bond acceptors (Lipinski definition) is 25. The molecular weight excluding hydrogens is 1070 g/mol. The average Bonchev–Trinajstić information content (AvgIpc) is 3.15. The molecule has 67 heavy (non-hydrogen) atoms. The van der Waals surface area contributed by atoms with E-state index in [1.165, 1.54) is 0 Å². The van der Waals surface area contributed by atoms with Gasteiger partial charge in [0, 0.05) is 5.39 Å². The third kappa shape index (κ3) is 13.6. The molecular formula is C29H26ClN7O23S7. The molecule has 5 aromatic rings. The number of azo groups is 1. The van der Waals surface area contributed by atoms with E-state index in [9.17, 15) is 82.8 Å². The molecule has 4 aromatic carbocycles. The Hall–Kier alpha value is -5.39. The highest BCUT2D eigenvalue weighted by Crippen LogP contribution is 2.46. The lowest BCUT2D eigenvalue weighted by atomic mass is 10.1. The largest absolute Gasteiger partial charge is 0.505 e. The number of phenolic OH excluding ortho intramolecular Hbond substituents is 2. The summed E-state index contributed by atoms with van der Waals surface area (Å²) in [6.07, 6.45) is 0. The van der Waals surface area contributed by atoms with Gasteiger partial charge in [0.2, 0.25) is 17.2 Å². The normalized spacial score (nSPS) is 13.3. The Labute approximate surface area is 382 Å². The van der Waals surface area contributed by atoms with Crippen molar-refractivity contribution in [3.8, 4) is 11.5 Å². The van der Waals surface area contributed by atoms with Crippen LogP contribution < -0.4 is 10.6 Å². The number of aromatic hydroxyl groups is 2. The molecule has 0 aliphatic heterocycles. The van der Waals surface area contributed by atoms with Crippen LogP contribution in [0.2, 0.25) is 5.28 Å². The minimum atomic E-state index is -5.44. The number of phenols is 2. The van der Waals surface area contributed by atoms with Crippen molar-refractivity contribution in [3.63, 3.8) is 0 Å². The third-order valence-corrected chi connectivity index (χ3v) is 15.1. The van der Waals surface area contributed by atoms with E-state index in [1.807, 2.05) is 0 Å². The molecule has 5 rings (SSSR count). The first-order valence-electron chi connectivity index (χ1n) is 16.8. The van der Waals surface area contributed by atoms with Crippen molar-refractivity contribution in [2.75, 3.05) is 35.4 Å². The van der Waals surface area contributed by atoms with Gasteiger partial charge in [0.1, 0.15) is 15.5 Å². The molecule has 0 saturated heterocycles. The molecule has 0 atom stereocenters. The molecule has 0 spiro atoms. The van der Waals surface area contributed by atoms with Crippen LogP contribution in [-0.2, 0) is 79.2 Å². The summed E-state index contributed by atoms with van der Waals surface area (Å²) in [5.74, 6) is -6.27. The van der Waals surface area contributed by atoms with E-state index < -0.39 is 177 Å². The van der Waals surface area contributed by atoms with Gasteiger partial charge in [-0.1, -0.05) is 0 Å². The average molecular weight is 1100 g/mol. The van der Waals surface area contributed by atoms with Gasteiger partial charge < -0.3 is 20.8 Å². The van der Waals surface area contributed by atoms with Crippen LogP contribution in [0.3, 0.4) is 0 Å². The van der Waals surface area contributed by atoms with Crippen LogP contribution in [0.25, 0.3) is 10.8 Å². The molecule has 0 unspecified atom stereocenters. The Balaban J connectivity index is 1.60. The van der Waals surface area contributed by atoms with Gasteiger partial charge >= 0.3 is 20.8 Å². The minimum Gasteiger partial charge on any atom is -0.505 e. The number of sulfone groups is 2. The third-order valence-electron chi connectivity index (χ3n) is 8.12. The summed E-state index contributed by atoms with van der Waals surface area (Å²) in [5, 5.41) is 32.3. The Morgan fingerprint density at radius 1 is 0.537 bits per heavy atom. The number of nitrogens with zero attached hydrogens (tertiary/aromatic N) is 5. The van der Waals surface area contributed by atoms with Gasteiger partial charge in [-0.25, -0.2) is 25.2 Å². The molecule has 364 valence electrons. The molecule has 0 saturated carbocycles. The number of hydrogen-bond donors (Lipinski definition) is 9. The van der Waals surface area contributed by atoms with Crippen LogP contribution in [0.5, 0.6) is 11.5 Å². The van der Waals surface area contributed by atoms with Crippen molar-refractivity contribution in [2.24, 2.45) is 10.2 Å². The van der Waals surface area contributed by atoms with Crippen LogP contribution in [0, 0.1) is 0 Å². The molecule has 9 N–H and O–H groups in total. The number of fused-ring (bicyclic) bond motifs is 1. The lowest BCUT2D eigenvalue weighted by Crippen LogP contribution is -2.16. The quantitative estimate of drug-likeness (QED) is 0.0324. The van der Waals surface area contributed by atoms with Crippen LogP contribution in [0.4, 0.5) is 34.6 Å². The summed E-state index contributed by atoms with van der Waals surface area (Å²) in [5.41, 5.74) is -2.82. The highest BCUT2D eigenvalue weighted by molar-refractivity contribution is 7.92. The van der Waals surface area contributed by atoms with Gasteiger partial charge in [0.15, 0.2) is 31.2 Å². The fourth-order valence-corrected chi connectivity index (χ4v) is 10.4. The first-order valence-corrected chi connectivity index (χ1v) is 27.6. The first kappa shape index (κ1) is 52.6. The minimum absolute atomic E-state index is 0.238. The SMILES string of the molecule is O=S(=O)(O)OCCS(=O)(=O)c1ccc(N=Nc2c(S(=O)(=O)O)cc3cc(S(=O)(=O)O)cc(Nc4nc(Cl)nc(Nc5cc(S(=O)(=O)CCOS(=O)(=O)O)cc(S(=O)(=O)O)c5O)n4)c3c2O)cc1. The van der Waals surface area contributed by atoms with E-state index in [0.29, 0.717) is 24.3 Å². The number of benzene rings is 4. The second-order valence-electron chi connectivity index (χ2n) is 12.7. The van der Waals surface area contributed by atoms with Gasteiger partial charge in [-0.05, 0) is 71.6 Å². The fourth-order valence-electron chi connectivity index (χ4n) is 5.32. The maximum absolute atomic E-state index is 13.0. The van der Waals surface area contributed by atoms with Crippen LogP contribution in [0.15, 0.2) is 89.3 Å². The molecule has 0 aliphatic carbocycles. The summed E-state index contributed by atoms with van der Waals surface area (Å²) >= 11 is 6.05. The Morgan fingerprint density at radius 3 is 1.52 bits per heavy atom. The standard InChI is InChI=1S/C29H26ClN7O23S7/c30-27-33-28(35-29(34-27)32-20-11-17(13-22(25(20)38)65(50,51)52)62(42,43)8-6-60-67(56,57)58)31-19-12-18(63(44,45)46)9-14-10-21(64(47,48)49)24(26(39)23(14)19)37-36-15-1-3-16(4-2-15)61(40,41)7-5-59-66(53,54)55/h1-4,9-13,38-39H,5-8H2,(H,44,45,46)(H,47,48,49)(H,50,51,52)(H,53,54,55)(H,56,57,58)(H2,31,32,33,34,35). The smallest absolute Gasteiger partial charge is 0.397 e. The first-order chi connectivity index (χ1) is 30.5. The van der Waals surface area contributed by atoms with Crippen LogP contribution >= 0.6 is 11.6 Å².